The van der Waals surface area contributed by atoms with E-state index >= 15 is 0 Å². The lowest BCUT2D eigenvalue weighted by molar-refractivity contribution is 0.848. The monoisotopic (exact) mass is 324 g/mol. The zero-order chi connectivity index (χ0) is 17.1. The van der Waals surface area contributed by atoms with Crippen molar-refractivity contribution in [2.24, 2.45) is 0 Å². The summed E-state index contributed by atoms with van der Waals surface area (Å²) < 4.78 is 0. The third-order valence-electron chi connectivity index (χ3n) is 4.12. The molecular formula is C21H16N4. The summed E-state index contributed by atoms with van der Waals surface area (Å²) in [5.74, 6) is 0. The molecule has 0 atom stereocenters. The van der Waals surface area contributed by atoms with Gasteiger partial charge in [-0.15, -0.1) is 10.2 Å². The highest BCUT2D eigenvalue weighted by Gasteiger charge is 2.17. The van der Waals surface area contributed by atoms with Crippen LogP contribution in [0.1, 0.15) is 5.69 Å². The third-order valence-corrected chi connectivity index (χ3v) is 4.12. The minimum Gasteiger partial charge on any atom is -0.256 e. The first-order valence-electron chi connectivity index (χ1n) is 8.11. The first-order valence-corrected chi connectivity index (χ1v) is 8.11. The molecule has 0 aliphatic carbocycles. The highest BCUT2D eigenvalue weighted by Crippen LogP contribution is 2.36. The summed E-state index contributed by atoms with van der Waals surface area (Å²) in [4.78, 5) is 4.50. The summed E-state index contributed by atoms with van der Waals surface area (Å²) in [6.45, 7) is 1.96. The number of benzene rings is 2. The van der Waals surface area contributed by atoms with Gasteiger partial charge in [-0.05, 0) is 29.8 Å². The maximum atomic E-state index is 4.50. The number of hydrogen-bond donors (Lipinski definition) is 0. The van der Waals surface area contributed by atoms with Crippen LogP contribution in [-0.2, 0) is 0 Å². The fourth-order valence-corrected chi connectivity index (χ4v) is 2.98. The van der Waals surface area contributed by atoms with E-state index in [1.165, 1.54) is 0 Å². The molecule has 2 aromatic heterocycles. The van der Waals surface area contributed by atoms with Crippen LogP contribution < -0.4 is 0 Å². The van der Waals surface area contributed by atoms with Gasteiger partial charge < -0.3 is 0 Å². The molecule has 0 amide bonds. The number of aromatic nitrogens is 4. The van der Waals surface area contributed by atoms with Gasteiger partial charge in [-0.3, -0.25) is 4.98 Å². The Labute approximate surface area is 146 Å². The lowest BCUT2D eigenvalue weighted by atomic mass is 9.94. The lowest BCUT2D eigenvalue weighted by Gasteiger charge is -2.13. The summed E-state index contributed by atoms with van der Waals surface area (Å²) in [5, 5.41) is 12.5. The lowest BCUT2D eigenvalue weighted by Crippen LogP contribution is -2.00. The van der Waals surface area contributed by atoms with Crippen molar-refractivity contribution >= 4 is 0 Å². The van der Waals surface area contributed by atoms with Crippen molar-refractivity contribution in [2.45, 2.75) is 6.92 Å². The van der Waals surface area contributed by atoms with Crippen LogP contribution in [0, 0.1) is 6.92 Å². The zero-order valence-corrected chi connectivity index (χ0v) is 13.8. The predicted octanol–water partition coefficient (Wildman–Crippen LogP) is 4.58. The smallest absolute Gasteiger partial charge is 0.105 e. The van der Waals surface area contributed by atoms with E-state index in [0.717, 1.165) is 39.3 Å². The molecule has 0 unspecified atom stereocenters. The molecule has 2 aromatic carbocycles. The van der Waals surface area contributed by atoms with Gasteiger partial charge in [0.25, 0.3) is 0 Å². The summed E-state index contributed by atoms with van der Waals surface area (Å²) in [6, 6.07) is 24.2. The minimum absolute atomic E-state index is 0.819. The molecule has 0 aliphatic heterocycles. The van der Waals surface area contributed by atoms with Gasteiger partial charge in [0.1, 0.15) is 5.69 Å². The van der Waals surface area contributed by atoms with Gasteiger partial charge in [-0.25, -0.2) is 0 Å². The second-order valence-corrected chi connectivity index (χ2v) is 5.73. The molecule has 4 aromatic rings. The van der Waals surface area contributed by atoms with Crippen molar-refractivity contribution in [1.82, 2.24) is 20.4 Å². The van der Waals surface area contributed by atoms with Crippen molar-refractivity contribution in [3.63, 3.8) is 0 Å². The fourth-order valence-electron chi connectivity index (χ4n) is 2.98. The molecule has 0 aliphatic rings. The van der Waals surface area contributed by atoms with Gasteiger partial charge in [0.05, 0.1) is 11.4 Å². The Morgan fingerprint density at radius 2 is 1.40 bits per heavy atom. The van der Waals surface area contributed by atoms with Gasteiger partial charge in [0.2, 0.25) is 0 Å². The molecular weight excluding hydrogens is 308 g/mol. The number of rotatable bonds is 3. The van der Waals surface area contributed by atoms with E-state index in [2.05, 4.69) is 44.7 Å². The summed E-state index contributed by atoms with van der Waals surface area (Å²) in [6.07, 6.45) is 1.80. The number of hydrogen-bond acceptors (Lipinski definition) is 4. The highest BCUT2D eigenvalue weighted by molar-refractivity contribution is 5.89. The minimum atomic E-state index is 0.819. The maximum absolute atomic E-state index is 4.50. The van der Waals surface area contributed by atoms with E-state index in [1.54, 1.807) is 6.20 Å². The van der Waals surface area contributed by atoms with Crippen LogP contribution in [0.15, 0.2) is 79.0 Å². The van der Waals surface area contributed by atoms with E-state index in [4.69, 9.17) is 0 Å². The predicted molar refractivity (Wildman–Crippen MR) is 98.7 cm³/mol. The van der Waals surface area contributed by atoms with Crippen molar-refractivity contribution in [3.8, 4) is 33.6 Å². The molecule has 25 heavy (non-hydrogen) atoms. The van der Waals surface area contributed by atoms with E-state index in [-0.39, 0.29) is 0 Å². The Balaban J connectivity index is 1.98. The highest BCUT2D eigenvalue weighted by atomic mass is 15.3. The van der Waals surface area contributed by atoms with Crippen LogP contribution in [0.2, 0.25) is 0 Å². The van der Waals surface area contributed by atoms with Crippen LogP contribution in [0.5, 0.6) is 0 Å². The van der Waals surface area contributed by atoms with E-state index in [9.17, 15) is 0 Å². The summed E-state index contributed by atoms with van der Waals surface area (Å²) >= 11 is 0. The van der Waals surface area contributed by atoms with Crippen molar-refractivity contribution < 1.29 is 0 Å². The fraction of sp³-hybridized carbons (Fsp3) is 0.0476. The Bertz CT molecular complexity index is 999. The average molecular weight is 324 g/mol. The Hall–Kier alpha value is -3.40. The Kier molecular flexibility index (Phi) is 4.01. The zero-order valence-electron chi connectivity index (χ0n) is 13.8. The first-order chi connectivity index (χ1) is 12.3. The van der Waals surface area contributed by atoms with Crippen LogP contribution in [0.25, 0.3) is 33.6 Å². The average Bonchev–Trinajstić information content (AvgIpc) is 2.69. The molecule has 4 rings (SSSR count). The Morgan fingerprint density at radius 1 is 0.680 bits per heavy atom. The molecule has 0 fully saturated rings. The quantitative estimate of drug-likeness (QED) is 0.553. The second kappa shape index (κ2) is 6.61. The van der Waals surface area contributed by atoms with Gasteiger partial charge in [-0.1, -0.05) is 60.7 Å². The summed E-state index contributed by atoms with van der Waals surface area (Å²) in [5.41, 5.74) is 6.69. The summed E-state index contributed by atoms with van der Waals surface area (Å²) in [7, 11) is 0. The molecule has 0 radical (unpaired) electrons. The van der Waals surface area contributed by atoms with Crippen molar-refractivity contribution in [3.05, 3.63) is 84.7 Å². The molecule has 4 nitrogen and oxygen atoms in total. The van der Waals surface area contributed by atoms with Gasteiger partial charge in [0, 0.05) is 22.9 Å². The van der Waals surface area contributed by atoms with Crippen LogP contribution >= 0.6 is 0 Å². The van der Waals surface area contributed by atoms with Crippen molar-refractivity contribution in [2.75, 3.05) is 0 Å². The molecule has 0 saturated carbocycles. The normalized spacial score (nSPS) is 10.6. The van der Waals surface area contributed by atoms with Crippen molar-refractivity contribution in [1.29, 1.82) is 0 Å². The number of pyridine rings is 1. The van der Waals surface area contributed by atoms with Gasteiger partial charge >= 0.3 is 0 Å². The number of aryl methyl sites for hydroxylation is 1. The van der Waals surface area contributed by atoms with E-state index in [1.807, 2.05) is 55.5 Å². The van der Waals surface area contributed by atoms with Gasteiger partial charge in [-0.2, -0.15) is 0 Å². The maximum Gasteiger partial charge on any atom is 0.105 e. The standard InChI is InChI=1S/C21H16N4/c1-15-20(16-9-3-2-4-10-16)21(24-25-23-15)18-12-6-5-11-17(18)19-13-7-8-14-22-19/h2-14H,1H3. The third kappa shape index (κ3) is 2.90. The van der Waals surface area contributed by atoms with E-state index < -0.39 is 0 Å². The van der Waals surface area contributed by atoms with Crippen LogP contribution in [0.4, 0.5) is 0 Å². The topological polar surface area (TPSA) is 51.6 Å². The first kappa shape index (κ1) is 15.1. The molecule has 120 valence electrons. The largest absolute Gasteiger partial charge is 0.256 e. The second-order valence-electron chi connectivity index (χ2n) is 5.73. The molecule has 0 N–H and O–H groups in total. The Morgan fingerprint density at radius 3 is 2.16 bits per heavy atom. The molecule has 0 saturated heterocycles. The van der Waals surface area contributed by atoms with Crippen LogP contribution in [-0.4, -0.2) is 20.4 Å². The van der Waals surface area contributed by atoms with Crippen LogP contribution in [0.3, 0.4) is 0 Å². The molecule has 0 spiro atoms. The molecule has 2 heterocycles. The molecule has 0 bridgehead atoms. The van der Waals surface area contributed by atoms with Gasteiger partial charge in [0.15, 0.2) is 0 Å². The molecule has 4 heteroatoms. The SMILES string of the molecule is Cc1nnnc(-c2ccccc2-c2ccccn2)c1-c1ccccc1. The van der Waals surface area contributed by atoms with E-state index in [0.29, 0.717) is 0 Å². The number of nitrogens with zero attached hydrogens (tertiary/aromatic N) is 4.